The maximum atomic E-state index is 5.67. The molecule has 0 aliphatic heterocycles. The molecule has 0 atom stereocenters. The summed E-state index contributed by atoms with van der Waals surface area (Å²) < 4.78 is 16.4. The first-order chi connectivity index (χ1) is 13.9. The third-order valence-electron chi connectivity index (χ3n) is 4.37. The molecule has 0 aliphatic carbocycles. The molecule has 0 saturated carbocycles. The number of benzene rings is 1. The Morgan fingerprint density at radius 1 is 1.07 bits per heavy atom. The second kappa shape index (κ2) is 12.1. The maximum Gasteiger partial charge on any atom is 0.132 e. The normalized spacial score (nSPS) is 10.2. The number of aromatic nitrogens is 1. The van der Waals surface area contributed by atoms with Crippen molar-refractivity contribution in [3.05, 3.63) is 42.1 Å². The zero-order valence-electron chi connectivity index (χ0n) is 19.2. The largest absolute Gasteiger partial charge is 0.496 e. The molecule has 0 unspecified atom stereocenters. The summed E-state index contributed by atoms with van der Waals surface area (Å²) in [6, 6.07) is 8.08. The molecule has 160 valence electrons. The first-order valence-electron chi connectivity index (χ1n) is 10.1. The molecular formula is C24H36N2O3. The van der Waals surface area contributed by atoms with Crippen molar-refractivity contribution in [2.45, 2.75) is 40.5 Å². The summed E-state index contributed by atoms with van der Waals surface area (Å²) in [7, 11) is 5.02. The number of allylic oxidation sites excluding steroid dienone is 1. The van der Waals surface area contributed by atoms with E-state index in [2.05, 4.69) is 37.9 Å². The fraction of sp³-hybridized carbons (Fsp3) is 0.458. The number of hydrogen-bond donors (Lipinski definition) is 1. The highest BCUT2D eigenvalue weighted by atomic mass is 16.5. The Morgan fingerprint density at radius 3 is 2.10 bits per heavy atom. The van der Waals surface area contributed by atoms with Crippen LogP contribution in [0.5, 0.6) is 11.5 Å². The van der Waals surface area contributed by atoms with Crippen LogP contribution in [0.4, 0.5) is 5.69 Å². The first-order valence-corrected chi connectivity index (χ1v) is 10.1. The number of nitrogens with zero attached hydrogens (tertiary/aromatic N) is 1. The fourth-order valence-corrected chi connectivity index (χ4v) is 2.87. The second-order valence-electron chi connectivity index (χ2n) is 6.75. The SMILES string of the molecule is C=C(C)c1nc(-c2c(OC)cc(C(C)C)cc2OC)ccc1NCCOC.CC. The summed E-state index contributed by atoms with van der Waals surface area (Å²) in [5.41, 5.74) is 5.42. The van der Waals surface area contributed by atoms with E-state index in [9.17, 15) is 0 Å². The van der Waals surface area contributed by atoms with Gasteiger partial charge in [0.15, 0.2) is 0 Å². The highest BCUT2D eigenvalue weighted by Crippen LogP contribution is 2.41. The van der Waals surface area contributed by atoms with Crippen LogP contribution in [0.25, 0.3) is 16.8 Å². The van der Waals surface area contributed by atoms with Crippen LogP contribution in [0.2, 0.25) is 0 Å². The summed E-state index contributed by atoms with van der Waals surface area (Å²) in [6.07, 6.45) is 0. The Balaban J connectivity index is 0.00000204. The first kappa shape index (κ1) is 24.5. The van der Waals surface area contributed by atoms with E-state index in [1.165, 1.54) is 0 Å². The molecule has 0 fully saturated rings. The van der Waals surface area contributed by atoms with E-state index in [4.69, 9.17) is 19.2 Å². The minimum atomic E-state index is 0.369. The van der Waals surface area contributed by atoms with Crippen molar-refractivity contribution >= 4 is 11.3 Å². The zero-order valence-corrected chi connectivity index (χ0v) is 19.2. The van der Waals surface area contributed by atoms with E-state index in [1.807, 2.05) is 32.9 Å². The molecule has 0 saturated heterocycles. The molecule has 5 nitrogen and oxygen atoms in total. The molecule has 0 bridgehead atoms. The van der Waals surface area contributed by atoms with Crippen molar-refractivity contribution in [2.24, 2.45) is 0 Å². The van der Waals surface area contributed by atoms with Crippen molar-refractivity contribution < 1.29 is 14.2 Å². The van der Waals surface area contributed by atoms with Gasteiger partial charge in [0.1, 0.15) is 11.5 Å². The van der Waals surface area contributed by atoms with Crippen molar-refractivity contribution in [3.8, 4) is 22.8 Å². The second-order valence-corrected chi connectivity index (χ2v) is 6.75. The molecule has 0 radical (unpaired) electrons. The van der Waals surface area contributed by atoms with Gasteiger partial charge in [-0.05, 0) is 48.2 Å². The predicted octanol–water partition coefficient (Wildman–Crippen LogP) is 6.01. The maximum absolute atomic E-state index is 5.67. The Hall–Kier alpha value is -2.53. The van der Waals surface area contributed by atoms with Crippen molar-refractivity contribution in [1.82, 2.24) is 4.98 Å². The lowest BCUT2D eigenvalue weighted by atomic mass is 9.98. The Morgan fingerprint density at radius 2 is 1.66 bits per heavy atom. The van der Waals surface area contributed by atoms with Crippen molar-refractivity contribution in [1.29, 1.82) is 0 Å². The summed E-state index contributed by atoms with van der Waals surface area (Å²) in [4.78, 5) is 4.85. The van der Waals surface area contributed by atoms with E-state index in [0.717, 1.165) is 45.3 Å². The molecule has 5 heteroatoms. The minimum Gasteiger partial charge on any atom is -0.496 e. The standard InChI is InChI=1S/C22H30N2O3.C2H6/c1-14(2)16-12-19(26-6)21(20(13-16)27-7)17-8-9-18(23-10-11-25-5)22(24-17)15(3)4;1-2/h8-9,12-14,23H,3,10-11H2,1-2,4-7H3;1-2H3. The van der Waals surface area contributed by atoms with Crippen LogP contribution in [0.3, 0.4) is 0 Å². The van der Waals surface area contributed by atoms with Crippen molar-refractivity contribution in [2.75, 3.05) is 39.8 Å². The van der Waals surface area contributed by atoms with Crippen LogP contribution in [-0.4, -0.2) is 39.5 Å². The molecule has 1 aromatic heterocycles. The predicted molar refractivity (Wildman–Crippen MR) is 123 cm³/mol. The summed E-state index contributed by atoms with van der Waals surface area (Å²) in [5, 5.41) is 3.34. The third-order valence-corrected chi connectivity index (χ3v) is 4.37. The molecule has 1 N–H and O–H groups in total. The summed E-state index contributed by atoms with van der Waals surface area (Å²) in [6.45, 7) is 15.6. The Labute approximate surface area is 176 Å². The van der Waals surface area contributed by atoms with Gasteiger partial charge >= 0.3 is 0 Å². The van der Waals surface area contributed by atoms with Gasteiger partial charge in [0.05, 0.1) is 43.5 Å². The number of methoxy groups -OCH3 is 3. The van der Waals surface area contributed by atoms with Crippen LogP contribution in [-0.2, 0) is 4.74 Å². The van der Waals surface area contributed by atoms with E-state index >= 15 is 0 Å². The van der Waals surface area contributed by atoms with Gasteiger partial charge in [0.2, 0.25) is 0 Å². The average molecular weight is 401 g/mol. The molecule has 0 aliphatic rings. The van der Waals surface area contributed by atoms with Crippen LogP contribution in [0.15, 0.2) is 30.8 Å². The topological polar surface area (TPSA) is 52.6 Å². The molecule has 2 rings (SSSR count). The van der Waals surface area contributed by atoms with Crippen LogP contribution >= 0.6 is 0 Å². The summed E-state index contributed by atoms with van der Waals surface area (Å²) in [5.74, 6) is 1.87. The van der Waals surface area contributed by atoms with Gasteiger partial charge in [-0.1, -0.05) is 34.3 Å². The lowest BCUT2D eigenvalue weighted by Gasteiger charge is -2.18. The highest BCUT2D eigenvalue weighted by Gasteiger charge is 2.18. The van der Waals surface area contributed by atoms with Crippen LogP contribution in [0.1, 0.15) is 51.8 Å². The lowest BCUT2D eigenvalue weighted by molar-refractivity contribution is 0.211. The van der Waals surface area contributed by atoms with E-state index in [-0.39, 0.29) is 0 Å². The molecule has 0 spiro atoms. The van der Waals surface area contributed by atoms with Crippen molar-refractivity contribution in [3.63, 3.8) is 0 Å². The van der Waals surface area contributed by atoms with Gasteiger partial charge in [-0.2, -0.15) is 0 Å². The molecule has 1 aromatic carbocycles. The van der Waals surface area contributed by atoms with Gasteiger partial charge in [0.25, 0.3) is 0 Å². The molecule has 1 heterocycles. The number of nitrogens with one attached hydrogen (secondary N) is 1. The Kier molecular flexibility index (Phi) is 10.2. The third kappa shape index (κ3) is 6.23. The van der Waals surface area contributed by atoms with E-state index in [0.29, 0.717) is 19.1 Å². The number of hydrogen-bond acceptors (Lipinski definition) is 5. The highest BCUT2D eigenvalue weighted by molar-refractivity contribution is 5.79. The minimum absolute atomic E-state index is 0.369. The quantitative estimate of drug-likeness (QED) is 0.523. The molecular weight excluding hydrogens is 364 g/mol. The van der Waals surface area contributed by atoms with Gasteiger partial charge < -0.3 is 19.5 Å². The fourth-order valence-electron chi connectivity index (χ4n) is 2.87. The van der Waals surface area contributed by atoms with Crippen LogP contribution in [0, 0.1) is 0 Å². The van der Waals surface area contributed by atoms with Gasteiger partial charge in [-0.15, -0.1) is 0 Å². The molecule has 2 aromatic rings. The van der Waals surface area contributed by atoms with Gasteiger partial charge in [-0.25, -0.2) is 4.98 Å². The number of ether oxygens (including phenoxy) is 3. The van der Waals surface area contributed by atoms with Crippen LogP contribution < -0.4 is 14.8 Å². The smallest absolute Gasteiger partial charge is 0.132 e. The monoisotopic (exact) mass is 400 g/mol. The zero-order chi connectivity index (χ0) is 22.0. The summed E-state index contributed by atoms with van der Waals surface area (Å²) >= 11 is 0. The molecule has 29 heavy (non-hydrogen) atoms. The average Bonchev–Trinajstić information content (AvgIpc) is 2.74. The van der Waals surface area contributed by atoms with E-state index < -0.39 is 0 Å². The lowest BCUT2D eigenvalue weighted by Crippen LogP contribution is -2.10. The number of anilines is 1. The number of pyridine rings is 1. The van der Waals surface area contributed by atoms with Gasteiger partial charge in [-0.3, -0.25) is 0 Å². The van der Waals surface area contributed by atoms with E-state index in [1.54, 1.807) is 21.3 Å². The molecule has 0 amide bonds. The Bertz CT molecular complexity index is 776. The van der Waals surface area contributed by atoms with Gasteiger partial charge in [0, 0.05) is 13.7 Å². The number of rotatable bonds is 9.